The summed E-state index contributed by atoms with van der Waals surface area (Å²) in [5.74, 6) is -2.62. The molecule has 1 spiro atoms. The van der Waals surface area contributed by atoms with Gasteiger partial charge in [0.1, 0.15) is 11.9 Å². The minimum atomic E-state index is -1.05. The highest BCUT2D eigenvalue weighted by molar-refractivity contribution is 6.38. The summed E-state index contributed by atoms with van der Waals surface area (Å²) in [6.45, 7) is 7.60. The van der Waals surface area contributed by atoms with Crippen LogP contribution in [0, 0.1) is 29.0 Å². The molecule has 1 saturated heterocycles. The molecule has 0 bridgehead atoms. The maximum Gasteiger partial charge on any atom is 0.246 e. The van der Waals surface area contributed by atoms with Crippen LogP contribution in [0.3, 0.4) is 0 Å². The van der Waals surface area contributed by atoms with Crippen molar-refractivity contribution >= 4 is 46.5 Å². The fraction of sp³-hybridized carbons (Fsp3) is 0.692. The van der Waals surface area contributed by atoms with Crippen molar-refractivity contribution in [2.24, 2.45) is 28.3 Å². The second-order valence-corrected chi connectivity index (χ2v) is 16.7. The zero-order valence-electron chi connectivity index (χ0n) is 30.0. The molecular weight excluding hydrogens is 661 g/mol. The average molecular weight is 714 g/mol. The number of nitrogens with one attached hydrogen (secondary N) is 1. The van der Waals surface area contributed by atoms with Gasteiger partial charge in [-0.1, -0.05) is 82.6 Å². The van der Waals surface area contributed by atoms with E-state index in [9.17, 15) is 28.4 Å². The molecule has 11 heteroatoms. The molecule has 2 amide bonds. The predicted molar refractivity (Wildman–Crippen MR) is 189 cm³/mol. The summed E-state index contributed by atoms with van der Waals surface area (Å²) in [7, 11) is 0. The van der Waals surface area contributed by atoms with E-state index in [-0.39, 0.29) is 60.8 Å². The lowest BCUT2D eigenvalue weighted by molar-refractivity contribution is -0.145. The lowest BCUT2D eigenvalue weighted by Gasteiger charge is -2.36. The summed E-state index contributed by atoms with van der Waals surface area (Å²) in [6.07, 6.45) is 10.2. The van der Waals surface area contributed by atoms with Gasteiger partial charge in [0, 0.05) is 43.6 Å². The number of likely N-dealkylation sites (tertiary alicyclic amines) is 1. The van der Waals surface area contributed by atoms with E-state index in [1.54, 1.807) is 6.07 Å². The van der Waals surface area contributed by atoms with Crippen molar-refractivity contribution in [2.45, 2.75) is 142 Å². The van der Waals surface area contributed by atoms with Crippen molar-refractivity contribution in [3.63, 3.8) is 0 Å². The van der Waals surface area contributed by atoms with Gasteiger partial charge >= 0.3 is 0 Å². The maximum absolute atomic E-state index is 14.6. The summed E-state index contributed by atoms with van der Waals surface area (Å²) in [5.41, 5.74) is -0.646. The molecule has 5 rings (SSSR count). The Hall–Kier alpha value is -3.14. The largest absolute Gasteiger partial charge is 0.387 e. The molecule has 4 atom stereocenters. The normalized spacial score (nSPS) is 23.9. The first kappa shape index (κ1) is 38.1. The van der Waals surface area contributed by atoms with Gasteiger partial charge in [-0.25, -0.2) is 4.39 Å². The van der Waals surface area contributed by atoms with Crippen LogP contribution in [0.5, 0.6) is 0 Å². The Morgan fingerprint density at radius 2 is 1.72 bits per heavy atom. The summed E-state index contributed by atoms with van der Waals surface area (Å²) >= 11 is 6.06. The van der Waals surface area contributed by atoms with Crippen LogP contribution in [0.4, 0.5) is 4.39 Å². The number of oxime groups is 1. The Kier molecular flexibility index (Phi) is 12.2. The number of rotatable bonds is 14. The van der Waals surface area contributed by atoms with E-state index in [4.69, 9.17) is 16.4 Å². The van der Waals surface area contributed by atoms with Crippen molar-refractivity contribution in [3.8, 4) is 0 Å². The van der Waals surface area contributed by atoms with Gasteiger partial charge in [-0.3, -0.25) is 24.0 Å². The monoisotopic (exact) mass is 713 g/mol. The number of carbonyl (C=O) groups excluding carboxylic acids is 5. The Balaban J connectivity index is 1.38. The van der Waals surface area contributed by atoms with Crippen LogP contribution in [-0.2, 0) is 28.8 Å². The molecule has 0 radical (unpaired) electrons. The number of carbonyl (C=O) groups is 5. The number of halogens is 2. The standard InChI is InChI=1S/C39H53ClFN3O6/c1-5-10-27(35(48)33(46)17-25-13-14-25)20-32(45)31-22-39(21-30(43-50-39)26-15-16-29(41)28(40)19-26)23-44(31)37(49)36(38(2,3)4)42-34(47)18-24-11-8-6-7-9-12-24/h15-16,19,24-25,27,31,36H,5-14,17-18,20-23H2,1-4H3,(H,42,47)/t27-,31+,36-,39-/m1/s1. The molecule has 1 aromatic rings. The number of hydrogen-bond donors (Lipinski definition) is 1. The van der Waals surface area contributed by atoms with E-state index in [0.29, 0.717) is 30.5 Å². The third-order valence-electron chi connectivity index (χ3n) is 10.9. The molecule has 50 heavy (non-hydrogen) atoms. The molecule has 0 aromatic heterocycles. The van der Waals surface area contributed by atoms with Crippen LogP contribution in [0.25, 0.3) is 0 Å². The lowest BCUT2D eigenvalue weighted by atomic mass is 9.84. The molecule has 2 heterocycles. The molecule has 274 valence electrons. The maximum atomic E-state index is 14.6. The van der Waals surface area contributed by atoms with Gasteiger partial charge in [-0.05, 0) is 61.5 Å². The molecule has 9 nitrogen and oxygen atoms in total. The predicted octanol–water partition coefficient (Wildman–Crippen LogP) is 7.15. The van der Waals surface area contributed by atoms with Crippen molar-refractivity contribution in [3.05, 3.63) is 34.6 Å². The van der Waals surface area contributed by atoms with E-state index in [0.717, 1.165) is 38.5 Å². The third kappa shape index (κ3) is 9.39. The van der Waals surface area contributed by atoms with Gasteiger partial charge in [-0.2, -0.15) is 0 Å². The van der Waals surface area contributed by atoms with Crippen molar-refractivity contribution < 1.29 is 33.2 Å². The van der Waals surface area contributed by atoms with Gasteiger partial charge < -0.3 is 15.1 Å². The average Bonchev–Trinajstić information content (AvgIpc) is 3.74. The van der Waals surface area contributed by atoms with Crippen molar-refractivity contribution in [2.75, 3.05) is 6.54 Å². The molecule has 2 aliphatic heterocycles. The van der Waals surface area contributed by atoms with Crippen LogP contribution in [0.2, 0.25) is 5.02 Å². The SMILES string of the molecule is CCC[C@H](CC(=O)[C@@H]1C[C@]2(CC(c3ccc(F)c(Cl)c3)=NO2)CN1C(=O)[C@@H](NC(=O)CC1CCCCCC1)C(C)(C)C)C(=O)C(=O)CC1CC1. The zero-order valence-corrected chi connectivity index (χ0v) is 30.8. The van der Waals surface area contributed by atoms with E-state index < -0.39 is 52.3 Å². The van der Waals surface area contributed by atoms with Crippen LogP contribution < -0.4 is 5.32 Å². The number of ketones is 3. The van der Waals surface area contributed by atoms with E-state index in [1.807, 2.05) is 27.7 Å². The first-order valence-electron chi connectivity index (χ1n) is 18.6. The van der Waals surface area contributed by atoms with Crippen LogP contribution in [0.15, 0.2) is 23.4 Å². The number of amides is 2. The Bertz CT molecular complexity index is 1490. The van der Waals surface area contributed by atoms with Crippen molar-refractivity contribution in [1.82, 2.24) is 10.2 Å². The quantitative estimate of drug-likeness (QED) is 0.162. The van der Waals surface area contributed by atoms with Gasteiger partial charge in [0.05, 0.1) is 23.3 Å². The van der Waals surface area contributed by atoms with Gasteiger partial charge in [0.2, 0.25) is 17.6 Å². The highest BCUT2D eigenvalue weighted by atomic mass is 35.5. The molecule has 1 aromatic carbocycles. The van der Waals surface area contributed by atoms with Gasteiger partial charge in [0.15, 0.2) is 17.2 Å². The molecule has 0 unspecified atom stereocenters. The Morgan fingerprint density at radius 1 is 1.04 bits per heavy atom. The summed E-state index contributed by atoms with van der Waals surface area (Å²) in [6, 6.07) is 2.41. The summed E-state index contributed by atoms with van der Waals surface area (Å²) in [4.78, 5) is 76.0. The van der Waals surface area contributed by atoms with Crippen LogP contribution in [-0.4, -0.2) is 64.0 Å². The number of benzene rings is 1. The number of Topliss-reactive ketones (excluding diaryl/α,β-unsaturated/α-hetero) is 3. The molecule has 2 saturated carbocycles. The topological polar surface area (TPSA) is 122 Å². The summed E-state index contributed by atoms with van der Waals surface area (Å²) < 4.78 is 13.9. The van der Waals surface area contributed by atoms with Crippen LogP contribution in [0.1, 0.15) is 130 Å². The number of nitrogens with zero attached hydrogens (tertiary/aromatic N) is 2. The second-order valence-electron chi connectivity index (χ2n) is 16.3. The Labute approximate surface area is 300 Å². The van der Waals surface area contributed by atoms with E-state index in [1.165, 1.54) is 29.9 Å². The summed E-state index contributed by atoms with van der Waals surface area (Å²) in [5, 5.41) is 7.29. The lowest BCUT2D eigenvalue weighted by Crippen LogP contribution is -2.57. The van der Waals surface area contributed by atoms with Gasteiger partial charge in [0.25, 0.3) is 0 Å². The van der Waals surface area contributed by atoms with E-state index >= 15 is 0 Å². The highest BCUT2D eigenvalue weighted by Crippen LogP contribution is 2.41. The Morgan fingerprint density at radius 3 is 2.34 bits per heavy atom. The van der Waals surface area contributed by atoms with Crippen molar-refractivity contribution in [1.29, 1.82) is 0 Å². The van der Waals surface area contributed by atoms with Crippen LogP contribution >= 0.6 is 11.6 Å². The highest BCUT2D eigenvalue weighted by Gasteiger charge is 2.55. The smallest absolute Gasteiger partial charge is 0.246 e. The second kappa shape index (κ2) is 16.0. The number of hydrogen-bond acceptors (Lipinski definition) is 7. The van der Waals surface area contributed by atoms with Gasteiger partial charge in [-0.15, -0.1) is 0 Å². The molecule has 2 aliphatic carbocycles. The molecule has 4 aliphatic rings. The molecule has 3 fully saturated rings. The first-order chi connectivity index (χ1) is 23.7. The minimum absolute atomic E-state index is 0.0300. The fourth-order valence-corrected chi connectivity index (χ4v) is 8.02. The first-order valence-corrected chi connectivity index (χ1v) is 19.0. The fourth-order valence-electron chi connectivity index (χ4n) is 7.84. The van der Waals surface area contributed by atoms with E-state index in [2.05, 4.69) is 10.5 Å². The minimum Gasteiger partial charge on any atom is -0.387 e. The third-order valence-corrected chi connectivity index (χ3v) is 11.2. The zero-order chi connectivity index (χ0) is 36.2. The molecular formula is C39H53ClFN3O6. The molecule has 1 N–H and O–H groups in total.